The molecular formula is C16H20ClN5O2S. The number of rotatable bonds is 6. The summed E-state index contributed by atoms with van der Waals surface area (Å²) < 4.78 is 5.28. The summed E-state index contributed by atoms with van der Waals surface area (Å²) in [7, 11) is 1.52. The maximum absolute atomic E-state index is 12.6. The summed E-state index contributed by atoms with van der Waals surface area (Å²) >= 11 is 7.29. The van der Waals surface area contributed by atoms with Crippen molar-refractivity contribution in [2.24, 2.45) is 0 Å². The molecule has 1 aromatic heterocycles. The van der Waals surface area contributed by atoms with E-state index in [1.807, 2.05) is 13.8 Å². The van der Waals surface area contributed by atoms with Crippen molar-refractivity contribution >= 4 is 46.6 Å². The van der Waals surface area contributed by atoms with Crippen molar-refractivity contribution in [3.63, 3.8) is 0 Å². The molecule has 5 N–H and O–H groups in total. The largest absolute Gasteiger partial charge is 0.495 e. The smallest absolute Gasteiger partial charge is 0.238 e. The fraction of sp³-hybridized carbons (Fsp3) is 0.312. The number of methoxy groups -OCH3 is 1. The quantitative estimate of drug-likeness (QED) is 0.519. The number of carbonyl (C=O) groups excluding carboxylic acids is 1. The van der Waals surface area contributed by atoms with Crippen LogP contribution in [0.5, 0.6) is 5.75 Å². The molecule has 1 amide bonds. The normalized spacial score (nSPS) is 11.8. The van der Waals surface area contributed by atoms with Gasteiger partial charge in [-0.15, -0.1) is 0 Å². The number of halogens is 1. The molecule has 1 aromatic carbocycles. The molecule has 1 unspecified atom stereocenters. The van der Waals surface area contributed by atoms with Gasteiger partial charge in [-0.1, -0.05) is 30.3 Å². The number of nitrogens with two attached hydrogens (primary N) is 2. The molecule has 0 spiro atoms. The van der Waals surface area contributed by atoms with Gasteiger partial charge in [-0.05, 0) is 25.0 Å². The molecule has 0 bridgehead atoms. The molecule has 0 aliphatic rings. The molecule has 0 radical (unpaired) electrons. The van der Waals surface area contributed by atoms with E-state index in [1.165, 1.54) is 24.9 Å². The van der Waals surface area contributed by atoms with Crippen LogP contribution in [0.15, 0.2) is 23.4 Å². The minimum absolute atomic E-state index is 0.197. The van der Waals surface area contributed by atoms with E-state index in [1.54, 1.807) is 12.1 Å². The topological polar surface area (TPSA) is 116 Å². The number of thioether (sulfide) groups is 1. The number of carbonyl (C=O) groups is 1. The number of ether oxygens (including phenoxy) is 1. The van der Waals surface area contributed by atoms with E-state index in [9.17, 15) is 4.79 Å². The molecule has 1 heterocycles. The highest BCUT2D eigenvalue weighted by atomic mass is 35.5. The fourth-order valence-electron chi connectivity index (χ4n) is 2.11. The van der Waals surface area contributed by atoms with Gasteiger partial charge < -0.3 is 21.5 Å². The molecule has 9 heteroatoms. The summed E-state index contributed by atoms with van der Waals surface area (Å²) in [6.07, 6.45) is 0.573. The first-order valence-corrected chi connectivity index (χ1v) is 8.81. The maximum atomic E-state index is 12.6. The third kappa shape index (κ3) is 4.90. The standard InChI is InChI=1S/C16H20ClN5O2S/c1-4-12(25-16-21-13(18)7-14(19)22-16)15(23)20-10-5-8(2)9(17)6-11(10)24-3/h5-7,12H,4H2,1-3H3,(H,20,23)(H4,18,19,21,22). The van der Waals surface area contributed by atoms with Crippen molar-refractivity contribution in [1.82, 2.24) is 9.97 Å². The molecule has 0 aliphatic heterocycles. The van der Waals surface area contributed by atoms with Gasteiger partial charge in [0, 0.05) is 17.2 Å². The van der Waals surface area contributed by atoms with E-state index in [4.69, 9.17) is 27.8 Å². The van der Waals surface area contributed by atoms with E-state index in [0.717, 1.165) is 5.56 Å². The maximum Gasteiger partial charge on any atom is 0.238 e. The van der Waals surface area contributed by atoms with Gasteiger partial charge in [0.05, 0.1) is 18.0 Å². The second-order valence-corrected chi connectivity index (χ2v) is 6.88. The van der Waals surface area contributed by atoms with E-state index in [-0.39, 0.29) is 17.5 Å². The summed E-state index contributed by atoms with van der Waals surface area (Å²) in [5.74, 6) is 0.825. The zero-order valence-electron chi connectivity index (χ0n) is 14.2. The van der Waals surface area contributed by atoms with Crippen molar-refractivity contribution in [3.05, 3.63) is 28.8 Å². The number of benzene rings is 1. The molecule has 2 aromatic rings. The van der Waals surface area contributed by atoms with Gasteiger partial charge in [0.1, 0.15) is 17.4 Å². The molecule has 0 aliphatic carbocycles. The lowest BCUT2D eigenvalue weighted by Gasteiger charge is -2.16. The molecule has 7 nitrogen and oxygen atoms in total. The Hall–Kier alpha value is -2.19. The molecule has 0 saturated carbocycles. The van der Waals surface area contributed by atoms with Crippen LogP contribution in [0.4, 0.5) is 17.3 Å². The number of nitrogens with zero attached hydrogens (tertiary/aromatic N) is 2. The highest BCUT2D eigenvalue weighted by Crippen LogP contribution is 2.32. The number of nitrogens with one attached hydrogen (secondary N) is 1. The van der Waals surface area contributed by atoms with Crippen molar-refractivity contribution in [2.45, 2.75) is 30.7 Å². The summed E-state index contributed by atoms with van der Waals surface area (Å²) in [5, 5.41) is 3.38. The van der Waals surface area contributed by atoms with E-state index in [2.05, 4.69) is 15.3 Å². The molecule has 0 saturated heterocycles. The van der Waals surface area contributed by atoms with E-state index >= 15 is 0 Å². The average Bonchev–Trinajstić information content (AvgIpc) is 2.54. The van der Waals surface area contributed by atoms with Gasteiger partial charge in [0.2, 0.25) is 5.91 Å². The van der Waals surface area contributed by atoms with Gasteiger partial charge in [0.25, 0.3) is 0 Å². The Labute approximate surface area is 155 Å². The number of hydrogen-bond donors (Lipinski definition) is 3. The summed E-state index contributed by atoms with van der Waals surface area (Å²) in [6.45, 7) is 3.75. The summed E-state index contributed by atoms with van der Waals surface area (Å²) in [5.41, 5.74) is 12.7. The molecule has 25 heavy (non-hydrogen) atoms. The predicted octanol–water partition coefficient (Wildman–Crippen LogP) is 3.12. The van der Waals surface area contributed by atoms with Crippen molar-refractivity contribution < 1.29 is 9.53 Å². The Bertz CT molecular complexity index is 767. The van der Waals surface area contributed by atoms with Crippen molar-refractivity contribution in [2.75, 3.05) is 23.9 Å². The molecule has 2 rings (SSSR count). The van der Waals surface area contributed by atoms with Crippen LogP contribution in [-0.4, -0.2) is 28.2 Å². The monoisotopic (exact) mass is 381 g/mol. The Kier molecular flexibility index (Phi) is 6.33. The molecule has 134 valence electrons. The summed E-state index contributed by atoms with van der Waals surface area (Å²) in [6, 6.07) is 4.90. The van der Waals surface area contributed by atoms with E-state index in [0.29, 0.717) is 28.0 Å². The SMILES string of the molecule is CCC(Sc1nc(N)cc(N)n1)C(=O)Nc1cc(C)c(Cl)cc1OC. The first kappa shape index (κ1) is 19.1. The van der Waals surface area contributed by atoms with Crippen molar-refractivity contribution in [1.29, 1.82) is 0 Å². The highest BCUT2D eigenvalue weighted by molar-refractivity contribution is 8.00. The summed E-state index contributed by atoms with van der Waals surface area (Å²) in [4.78, 5) is 20.8. The molecular weight excluding hydrogens is 362 g/mol. The number of aromatic nitrogens is 2. The number of hydrogen-bond acceptors (Lipinski definition) is 7. The van der Waals surface area contributed by atoms with Gasteiger partial charge >= 0.3 is 0 Å². The van der Waals surface area contributed by atoms with Crippen LogP contribution in [-0.2, 0) is 4.79 Å². The van der Waals surface area contributed by atoms with Gasteiger partial charge in [-0.2, -0.15) is 0 Å². The Morgan fingerprint density at radius 1 is 1.32 bits per heavy atom. The first-order valence-electron chi connectivity index (χ1n) is 7.55. The second-order valence-electron chi connectivity index (χ2n) is 5.31. The third-order valence-electron chi connectivity index (χ3n) is 3.39. The van der Waals surface area contributed by atoms with Crippen LogP contribution in [0.2, 0.25) is 5.02 Å². The molecule has 1 atom stereocenters. The van der Waals surface area contributed by atoms with Crippen LogP contribution in [0, 0.1) is 6.92 Å². The number of anilines is 3. The zero-order chi connectivity index (χ0) is 18.6. The Morgan fingerprint density at radius 2 is 1.96 bits per heavy atom. The Balaban J connectivity index is 2.19. The van der Waals surface area contributed by atoms with Crippen LogP contribution in [0.25, 0.3) is 0 Å². The zero-order valence-corrected chi connectivity index (χ0v) is 15.7. The second kappa shape index (κ2) is 8.26. The minimum Gasteiger partial charge on any atom is -0.495 e. The Morgan fingerprint density at radius 3 is 2.52 bits per heavy atom. The lowest BCUT2D eigenvalue weighted by atomic mass is 10.2. The lowest BCUT2D eigenvalue weighted by molar-refractivity contribution is -0.115. The van der Waals surface area contributed by atoms with Crippen LogP contribution in [0.1, 0.15) is 18.9 Å². The number of amides is 1. The van der Waals surface area contributed by atoms with Crippen LogP contribution in [0.3, 0.4) is 0 Å². The van der Waals surface area contributed by atoms with Gasteiger partial charge in [-0.25, -0.2) is 9.97 Å². The fourth-order valence-corrected chi connectivity index (χ4v) is 3.16. The number of aryl methyl sites for hydroxylation is 1. The van der Waals surface area contributed by atoms with E-state index < -0.39 is 5.25 Å². The predicted molar refractivity (Wildman–Crippen MR) is 102 cm³/mol. The van der Waals surface area contributed by atoms with Crippen LogP contribution < -0.4 is 21.5 Å². The van der Waals surface area contributed by atoms with Gasteiger partial charge in [0.15, 0.2) is 5.16 Å². The minimum atomic E-state index is -0.415. The first-order chi connectivity index (χ1) is 11.8. The van der Waals surface area contributed by atoms with Crippen LogP contribution >= 0.6 is 23.4 Å². The van der Waals surface area contributed by atoms with Crippen molar-refractivity contribution in [3.8, 4) is 5.75 Å². The lowest BCUT2D eigenvalue weighted by Crippen LogP contribution is -2.25. The number of nitrogen functional groups attached to an aromatic ring is 2. The third-order valence-corrected chi connectivity index (χ3v) is 5.03. The van der Waals surface area contributed by atoms with Gasteiger partial charge in [-0.3, -0.25) is 4.79 Å². The highest BCUT2D eigenvalue weighted by Gasteiger charge is 2.21. The molecule has 0 fully saturated rings. The average molecular weight is 382 g/mol.